The van der Waals surface area contributed by atoms with Crippen molar-refractivity contribution >= 4 is 34.7 Å². The highest BCUT2D eigenvalue weighted by atomic mass is 32.2. The van der Waals surface area contributed by atoms with Gasteiger partial charge in [-0.25, -0.2) is 0 Å². The third kappa shape index (κ3) is 4.19. The van der Waals surface area contributed by atoms with E-state index < -0.39 is 0 Å². The van der Waals surface area contributed by atoms with Gasteiger partial charge in [-0.3, -0.25) is 4.79 Å². The van der Waals surface area contributed by atoms with Gasteiger partial charge in [0.1, 0.15) is 5.51 Å². The van der Waals surface area contributed by atoms with Crippen LogP contribution in [-0.4, -0.2) is 23.2 Å². The summed E-state index contributed by atoms with van der Waals surface area (Å²) in [5.74, 6) is -0.149. The van der Waals surface area contributed by atoms with Gasteiger partial charge < -0.3 is 10.1 Å². The maximum Gasteiger partial charge on any atom is 0.255 e. The van der Waals surface area contributed by atoms with E-state index >= 15 is 0 Å². The summed E-state index contributed by atoms with van der Waals surface area (Å²) in [7, 11) is 1.65. The highest BCUT2D eigenvalue weighted by molar-refractivity contribution is 8.01. The molecule has 122 valence electrons. The average Bonchev–Trinajstić information content (AvgIpc) is 3.11. The third-order valence-corrected chi connectivity index (χ3v) is 5.05. The van der Waals surface area contributed by atoms with Crippen LogP contribution < -0.4 is 5.32 Å². The van der Waals surface area contributed by atoms with Crippen LogP contribution in [0.5, 0.6) is 0 Å². The lowest BCUT2D eigenvalue weighted by Crippen LogP contribution is -2.12. The van der Waals surface area contributed by atoms with Gasteiger partial charge in [0.25, 0.3) is 5.91 Å². The summed E-state index contributed by atoms with van der Waals surface area (Å²) >= 11 is 2.94. The van der Waals surface area contributed by atoms with Gasteiger partial charge in [-0.2, -0.15) is 0 Å². The lowest BCUT2D eigenvalue weighted by Gasteiger charge is -2.10. The fourth-order valence-corrected chi connectivity index (χ4v) is 3.60. The van der Waals surface area contributed by atoms with Gasteiger partial charge in [0.2, 0.25) is 0 Å². The minimum Gasteiger partial charge on any atom is -0.380 e. The van der Waals surface area contributed by atoms with Crippen molar-refractivity contribution in [2.45, 2.75) is 15.8 Å². The summed E-state index contributed by atoms with van der Waals surface area (Å²) in [5.41, 5.74) is 4.07. The van der Waals surface area contributed by atoms with Crippen molar-refractivity contribution < 1.29 is 9.53 Å². The molecule has 0 saturated carbocycles. The van der Waals surface area contributed by atoms with Gasteiger partial charge in [-0.1, -0.05) is 47.4 Å². The summed E-state index contributed by atoms with van der Waals surface area (Å²) in [5, 5.41) is 10.8. The Hall–Kier alpha value is -2.22. The van der Waals surface area contributed by atoms with Crippen LogP contribution in [0.4, 0.5) is 5.69 Å². The Morgan fingerprint density at radius 2 is 2.00 bits per heavy atom. The predicted octanol–water partition coefficient (Wildman–Crippen LogP) is 4.09. The molecule has 1 heterocycles. The Morgan fingerprint density at radius 1 is 1.21 bits per heavy atom. The number of hydrogen-bond donors (Lipinski definition) is 1. The number of carbonyl (C=O) groups is 1. The summed E-state index contributed by atoms with van der Waals surface area (Å²) in [6, 6.07) is 15.0. The van der Waals surface area contributed by atoms with E-state index in [9.17, 15) is 4.79 Å². The smallest absolute Gasteiger partial charge is 0.255 e. The topological polar surface area (TPSA) is 64.1 Å². The number of carbonyl (C=O) groups excluding carboxylic acids is 1. The number of nitrogens with zero attached hydrogens (tertiary/aromatic N) is 2. The molecule has 1 amide bonds. The SMILES string of the molecule is COCc1ccc(C(=O)Nc2ccccc2Sc2nncs2)cc1. The average molecular weight is 357 g/mol. The van der Waals surface area contributed by atoms with Crippen LogP contribution in [0.2, 0.25) is 0 Å². The van der Waals surface area contributed by atoms with Crippen molar-refractivity contribution in [2.75, 3.05) is 12.4 Å². The number of nitrogens with one attached hydrogen (secondary N) is 1. The van der Waals surface area contributed by atoms with Gasteiger partial charge in [0.15, 0.2) is 4.34 Å². The fourth-order valence-electron chi connectivity index (χ4n) is 2.07. The summed E-state index contributed by atoms with van der Waals surface area (Å²) in [4.78, 5) is 13.4. The standard InChI is InChI=1S/C17H15N3O2S2/c1-22-10-12-6-8-13(9-7-12)16(21)19-14-4-2-3-5-15(14)24-17-20-18-11-23-17/h2-9,11H,10H2,1H3,(H,19,21). The number of ether oxygens (including phenoxy) is 1. The van der Waals surface area contributed by atoms with E-state index in [1.807, 2.05) is 36.4 Å². The molecular formula is C17H15N3O2S2. The molecule has 3 aromatic rings. The molecule has 0 atom stereocenters. The van der Waals surface area contributed by atoms with E-state index in [2.05, 4.69) is 15.5 Å². The molecule has 2 aromatic carbocycles. The highest BCUT2D eigenvalue weighted by Crippen LogP contribution is 2.34. The first-order valence-corrected chi connectivity index (χ1v) is 8.88. The molecule has 0 spiro atoms. The quantitative estimate of drug-likeness (QED) is 0.720. The van der Waals surface area contributed by atoms with Gasteiger partial charge in [0.05, 0.1) is 12.3 Å². The molecule has 1 aromatic heterocycles. The largest absolute Gasteiger partial charge is 0.380 e. The maximum absolute atomic E-state index is 12.5. The molecule has 0 aliphatic heterocycles. The molecule has 5 nitrogen and oxygen atoms in total. The predicted molar refractivity (Wildman–Crippen MR) is 95.6 cm³/mol. The molecular weight excluding hydrogens is 342 g/mol. The van der Waals surface area contributed by atoms with Crippen LogP contribution in [0.3, 0.4) is 0 Å². The Balaban J connectivity index is 1.74. The highest BCUT2D eigenvalue weighted by Gasteiger charge is 2.11. The third-order valence-electron chi connectivity index (χ3n) is 3.20. The first kappa shape index (κ1) is 16.6. The molecule has 0 bridgehead atoms. The number of para-hydroxylation sites is 1. The van der Waals surface area contributed by atoms with Crippen molar-refractivity contribution in [1.82, 2.24) is 10.2 Å². The minimum atomic E-state index is -0.149. The number of aromatic nitrogens is 2. The second-order valence-electron chi connectivity index (χ2n) is 4.89. The van der Waals surface area contributed by atoms with Gasteiger partial charge in [0, 0.05) is 17.6 Å². The van der Waals surface area contributed by atoms with Crippen LogP contribution in [0.25, 0.3) is 0 Å². The maximum atomic E-state index is 12.5. The second-order valence-corrected chi connectivity index (χ2v) is 7.01. The Morgan fingerprint density at radius 3 is 2.71 bits per heavy atom. The monoisotopic (exact) mass is 357 g/mol. The van der Waals surface area contributed by atoms with E-state index in [0.29, 0.717) is 12.2 Å². The lowest BCUT2D eigenvalue weighted by molar-refractivity contribution is 0.102. The number of methoxy groups -OCH3 is 1. The fraction of sp³-hybridized carbons (Fsp3) is 0.118. The van der Waals surface area contributed by atoms with E-state index in [0.717, 1.165) is 20.5 Å². The first-order valence-electron chi connectivity index (χ1n) is 7.18. The lowest BCUT2D eigenvalue weighted by atomic mass is 10.1. The van der Waals surface area contributed by atoms with Crippen molar-refractivity contribution in [1.29, 1.82) is 0 Å². The van der Waals surface area contributed by atoms with Crippen molar-refractivity contribution in [3.63, 3.8) is 0 Å². The first-order chi connectivity index (χ1) is 11.8. The molecule has 0 saturated heterocycles. The molecule has 0 unspecified atom stereocenters. The Labute approximate surface area is 148 Å². The molecule has 3 rings (SSSR count). The van der Waals surface area contributed by atoms with Crippen LogP contribution in [-0.2, 0) is 11.3 Å². The zero-order chi connectivity index (χ0) is 16.8. The zero-order valence-corrected chi connectivity index (χ0v) is 14.6. The normalized spacial score (nSPS) is 10.5. The number of benzene rings is 2. The molecule has 1 N–H and O–H groups in total. The molecule has 0 aliphatic rings. The van der Waals surface area contributed by atoms with E-state index in [-0.39, 0.29) is 5.91 Å². The summed E-state index contributed by atoms with van der Waals surface area (Å²) in [6.07, 6.45) is 0. The molecule has 24 heavy (non-hydrogen) atoms. The molecule has 0 radical (unpaired) electrons. The molecule has 0 aliphatic carbocycles. The summed E-state index contributed by atoms with van der Waals surface area (Å²) < 4.78 is 5.91. The van der Waals surface area contributed by atoms with Crippen molar-refractivity contribution in [2.24, 2.45) is 0 Å². The number of anilines is 1. The Kier molecular flexibility index (Phi) is 5.58. The van der Waals surface area contributed by atoms with E-state index in [1.54, 1.807) is 24.8 Å². The van der Waals surface area contributed by atoms with Crippen molar-refractivity contribution in [3.8, 4) is 0 Å². The number of amides is 1. The van der Waals surface area contributed by atoms with Crippen LogP contribution in [0, 0.1) is 0 Å². The summed E-state index contributed by atoms with van der Waals surface area (Å²) in [6.45, 7) is 0.531. The van der Waals surface area contributed by atoms with Gasteiger partial charge in [-0.05, 0) is 29.8 Å². The van der Waals surface area contributed by atoms with Crippen molar-refractivity contribution in [3.05, 3.63) is 65.2 Å². The van der Waals surface area contributed by atoms with E-state index in [4.69, 9.17) is 4.74 Å². The number of rotatable bonds is 6. The van der Waals surface area contributed by atoms with E-state index in [1.165, 1.54) is 23.1 Å². The van der Waals surface area contributed by atoms with Crippen LogP contribution in [0.15, 0.2) is 63.3 Å². The van der Waals surface area contributed by atoms with Crippen LogP contribution in [0.1, 0.15) is 15.9 Å². The second kappa shape index (κ2) is 8.05. The molecule has 0 fully saturated rings. The van der Waals surface area contributed by atoms with Crippen LogP contribution >= 0.6 is 23.1 Å². The zero-order valence-electron chi connectivity index (χ0n) is 12.9. The van der Waals surface area contributed by atoms with Gasteiger partial charge >= 0.3 is 0 Å². The Bertz CT molecular complexity index is 805. The minimum absolute atomic E-state index is 0.149. The molecule has 7 heteroatoms. The van der Waals surface area contributed by atoms with Gasteiger partial charge in [-0.15, -0.1) is 10.2 Å². The number of hydrogen-bond acceptors (Lipinski definition) is 6.